The van der Waals surface area contributed by atoms with Gasteiger partial charge in [-0.3, -0.25) is 0 Å². The molecular formula is C30H26N2S. The van der Waals surface area contributed by atoms with Gasteiger partial charge in [0.2, 0.25) is 0 Å². The third-order valence-electron chi connectivity index (χ3n) is 6.57. The van der Waals surface area contributed by atoms with Crippen LogP contribution in [0.1, 0.15) is 50.9 Å². The number of rotatable bonds is 3. The summed E-state index contributed by atoms with van der Waals surface area (Å²) >= 11 is 1.81. The molecule has 0 aliphatic carbocycles. The fourth-order valence-electron chi connectivity index (χ4n) is 4.90. The lowest BCUT2D eigenvalue weighted by Gasteiger charge is -2.15. The monoisotopic (exact) mass is 446 g/mol. The maximum atomic E-state index is 5.17. The van der Waals surface area contributed by atoms with Gasteiger partial charge in [-0.1, -0.05) is 94.4 Å². The molecule has 0 bridgehead atoms. The van der Waals surface area contributed by atoms with E-state index in [-0.39, 0.29) is 5.92 Å². The zero-order valence-electron chi connectivity index (χ0n) is 19.4. The van der Waals surface area contributed by atoms with Gasteiger partial charge in [0.05, 0.1) is 15.9 Å². The minimum absolute atomic E-state index is 0.249. The molecule has 6 aromatic rings. The molecule has 2 aromatic heterocycles. The van der Waals surface area contributed by atoms with Crippen LogP contribution in [0.15, 0.2) is 72.8 Å². The number of benzene rings is 4. The van der Waals surface area contributed by atoms with E-state index in [4.69, 9.17) is 9.97 Å². The third-order valence-corrected chi connectivity index (χ3v) is 7.72. The van der Waals surface area contributed by atoms with E-state index in [1.54, 1.807) is 0 Å². The van der Waals surface area contributed by atoms with Crippen molar-refractivity contribution >= 4 is 53.2 Å². The Morgan fingerprint density at radius 3 is 2.15 bits per heavy atom. The highest BCUT2D eigenvalue weighted by Crippen LogP contribution is 2.43. The zero-order chi connectivity index (χ0) is 22.7. The van der Waals surface area contributed by atoms with Gasteiger partial charge in [-0.05, 0) is 39.1 Å². The first-order chi connectivity index (χ1) is 16.0. The number of fused-ring (bicyclic) bond motifs is 6. The normalized spacial score (nSPS) is 12.2. The van der Waals surface area contributed by atoms with Gasteiger partial charge in [0.1, 0.15) is 5.82 Å². The molecule has 0 atom stereocenters. The summed E-state index contributed by atoms with van der Waals surface area (Å²) in [6, 6.07) is 26.4. The van der Waals surface area contributed by atoms with Crippen molar-refractivity contribution in [1.82, 2.24) is 9.97 Å². The van der Waals surface area contributed by atoms with Crippen LogP contribution in [0.25, 0.3) is 53.1 Å². The second-order valence-corrected chi connectivity index (χ2v) is 10.5. The summed E-state index contributed by atoms with van der Waals surface area (Å²) in [7, 11) is 0. The number of aromatic nitrogens is 2. The minimum Gasteiger partial charge on any atom is -0.231 e. The maximum absolute atomic E-state index is 5.17. The fourth-order valence-corrected chi connectivity index (χ4v) is 6.06. The van der Waals surface area contributed by atoms with E-state index in [2.05, 4.69) is 100 Å². The van der Waals surface area contributed by atoms with Gasteiger partial charge in [-0.2, -0.15) is 0 Å². The van der Waals surface area contributed by atoms with Crippen molar-refractivity contribution in [3.05, 3.63) is 84.2 Å². The van der Waals surface area contributed by atoms with E-state index in [9.17, 15) is 0 Å². The van der Waals surface area contributed by atoms with E-state index in [0.29, 0.717) is 5.92 Å². The molecule has 0 aliphatic rings. The first kappa shape index (κ1) is 20.3. The van der Waals surface area contributed by atoms with Crippen LogP contribution in [0.3, 0.4) is 0 Å². The van der Waals surface area contributed by atoms with E-state index in [1.807, 2.05) is 11.3 Å². The van der Waals surface area contributed by atoms with Crippen LogP contribution in [0.2, 0.25) is 0 Å². The summed E-state index contributed by atoms with van der Waals surface area (Å²) < 4.78 is 2.44. The van der Waals surface area contributed by atoms with Crippen molar-refractivity contribution in [2.45, 2.75) is 39.5 Å². The molecule has 0 fully saturated rings. The van der Waals surface area contributed by atoms with Gasteiger partial charge < -0.3 is 0 Å². The van der Waals surface area contributed by atoms with Gasteiger partial charge in [0.25, 0.3) is 0 Å². The summed E-state index contributed by atoms with van der Waals surface area (Å²) in [5.41, 5.74) is 4.71. The Morgan fingerprint density at radius 1 is 0.667 bits per heavy atom. The van der Waals surface area contributed by atoms with Gasteiger partial charge in [-0.15, -0.1) is 11.3 Å². The minimum atomic E-state index is 0.249. The van der Waals surface area contributed by atoms with Crippen molar-refractivity contribution in [3.8, 4) is 11.3 Å². The summed E-state index contributed by atoms with van der Waals surface area (Å²) in [5.74, 6) is 1.62. The first-order valence-corrected chi connectivity index (χ1v) is 12.5. The largest absolute Gasteiger partial charge is 0.231 e. The fraction of sp³-hybridized carbons (Fsp3) is 0.200. The van der Waals surface area contributed by atoms with Crippen LogP contribution in [0.5, 0.6) is 0 Å². The third kappa shape index (κ3) is 3.14. The quantitative estimate of drug-likeness (QED) is 0.271. The van der Waals surface area contributed by atoms with Gasteiger partial charge in [0, 0.05) is 21.6 Å². The zero-order valence-corrected chi connectivity index (χ0v) is 20.2. The smallest absolute Gasteiger partial charge is 0.132 e. The van der Waals surface area contributed by atoms with Crippen LogP contribution in [0, 0.1) is 0 Å². The van der Waals surface area contributed by atoms with E-state index in [0.717, 1.165) is 17.0 Å². The van der Waals surface area contributed by atoms with Crippen molar-refractivity contribution < 1.29 is 0 Å². The van der Waals surface area contributed by atoms with Crippen molar-refractivity contribution in [2.75, 3.05) is 0 Å². The molecule has 0 amide bonds. The Labute approximate surface area is 197 Å². The van der Waals surface area contributed by atoms with E-state index < -0.39 is 0 Å². The average Bonchev–Trinajstić information content (AvgIpc) is 3.22. The Kier molecular flexibility index (Phi) is 4.70. The Balaban J connectivity index is 1.77. The highest BCUT2D eigenvalue weighted by Gasteiger charge is 2.20. The lowest BCUT2D eigenvalue weighted by molar-refractivity contribution is 0.785. The lowest BCUT2D eigenvalue weighted by atomic mass is 9.92. The first-order valence-electron chi connectivity index (χ1n) is 11.7. The molecule has 2 nitrogen and oxygen atoms in total. The molecular weight excluding hydrogens is 420 g/mol. The standard InChI is InChI=1S/C30H26N2S/c1-17(2)20-14-15-24(23-12-8-7-11-22(20)23)27-29-28(32-30(31-27)18(3)4)26-21-10-6-5-9-19(21)13-16-25(26)33-29/h5-18H,1-4H3. The van der Waals surface area contributed by atoms with Crippen molar-refractivity contribution in [2.24, 2.45) is 0 Å². The molecule has 3 heteroatoms. The molecule has 33 heavy (non-hydrogen) atoms. The van der Waals surface area contributed by atoms with Crippen LogP contribution in [-0.4, -0.2) is 9.97 Å². The topological polar surface area (TPSA) is 25.8 Å². The van der Waals surface area contributed by atoms with Gasteiger partial charge in [0.15, 0.2) is 0 Å². The van der Waals surface area contributed by atoms with Crippen LogP contribution >= 0.6 is 11.3 Å². The Hall–Kier alpha value is -3.30. The molecule has 4 aromatic carbocycles. The maximum Gasteiger partial charge on any atom is 0.132 e. The highest BCUT2D eigenvalue weighted by molar-refractivity contribution is 7.26. The number of thiophene rings is 1. The average molecular weight is 447 g/mol. The molecule has 0 saturated carbocycles. The van der Waals surface area contributed by atoms with Gasteiger partial charge >= 0.3 is 0 Å². The Bertz CT molecular complexity index is 1670. The molecule has 162 valence electrons. The molecule has 0 saturated heterocycles. The second kappa shape index (κ2) is 7.64. The molecule has 0 N–H and O–H groups in total. The predicted octanol–water partition coefficient (Wildman–Crippen LogP) is 9.06. The predicted molar refractivity (Wildman–Crippen MR) is 144 cm³/mol. The van der Waals surface area contributed by atoms with Crippen molar-refractivity contribution in [3.63, 3.8) is 0 Å². The summed E-state index contributed by atoms with van der Waals surface area (Å²) in [4.78, 5) is 10.3. The molecule has 6 rings (SSSR count). The van der Waals surface area contributed by atoms with E-state index in [1.165, 1.54) is 47.5 Å². The number of hydrogen-bond donors (Lipinski definition) is 0. The molecule has 2 heterocycles. The van der Waals surface area contributed by atoms with Crippen LogP contribution in [0.4, 0.5) is 0 Å². The highest BCUT2D eigenvalue weighted by atomic mass is 32.1. The molecule has 0 radical (unpaired) electrons. The number of hydrogen-bond acceptors (Lipinski definition) is 3. The van der Waals surface area contributed by atoms with Gasteiger partial charge in [-0.25, -0.2) is 9.97 Å². The van der Waals surface area contributed by atoms with E-state index >= 15 is 0 Å². The summed E-state index contributed by atoms with van der Waals surface area (Å²) in [6.45, 7) is 8.88. The van der Waals surface area contributed by atoms with Crippen LogP contribution in [-0.2, 0) is 0 Å². The molecule has 0 spiro atoms. The second-order valence-electron chi connectivity index (χ2n) is 9.43. The Morgan fingerprint density at radius 2 is 1.39 bits per heavy atom. The summed E-state index contributed by atoms with van der Waals surface area (Å²) in [5, 5.41) is 6.35. The van der Waals surface area contributed by atoms with Crippen LogP contribution < -0.4 is 0 Å². The SMILES string of the molecule is CC(C)c1nc(-c2ccc(C(C)C)c3ccccc23)c2sc3ccc4ccccc4c3c2n1. The lowest BCUT2D eigenvalue weighted by Crippen LogP contribution is -2.00. The summed E-state index contributed by atoms with van der Waals surface area (Å²) in [6.07, 6.45) is 0. The van der Waals surface area contributed by atoms with Crippen molar-refractivity contribution in [1.29, 1.82) is 0 Å². The number of nitrogens with zero attached hydrogens (tertiary/aromatic N) is 2. The molecule has 0 aliphatic heterocycles. The molecule has 0 unspecified atom stereocenters.